The third-order valence-corrected chi connectivity index (χ3v) is 2.92. The van der Waals surface area contributed by atoms with E-state index in [-0.39, 0.29) is 10.8 Å². The van der Waals surface area contributed by atoms with Gasteiger partial charge in [-0.3, -0.25) is 0 Å². The van der Waals surface area contributed by atoms with Crippen molar-refractivity contribution in [1.29, 1.82) is 0 Å². The van der Waals surface area contributed by atoms with Crippen LogP contribution < -0.4 is 4.74 Å². The fourth-order valence-corrected chi connectivity index (χ4v) is 1.81. The molecule has 1 aromatic rings. The molecule has 0 spiro atoms. The van der Waals surface area contributed by atoms with Crippen molar-refractivity contribution in [2.45, 2.75) is 24.7 Å². The fraction of sp³-hybridized carbons (Fsp3) is 0.400. The van der Waals surface area contributed by atoms with E-state index in [1.54, 1.807) is 0 Å². The van der Waals surface area contributed by atoms with Crippen LogP contribution in [0.5, 0.6) is 5.75 Å². The van der Waals surface area contributed by atoms with Crippen LogP contribution in [-0.2, 0) is 10.2 Å². The predicted octanol–water partition coefficient (Wildman–Crippen LogP) is 2.48. The van der Waals surface area contributed by atoms with Crippen LogP contribution in [0.2, 0.25) is 0 Å². The second kappa shape index (κ2) is 4.18. The molecule has 0 radical (unpaired) electrons. The molecule has 15 heavy (non-hydrogen) atoms. The number of ether oxygens (including phenoxy) is 1. The maximum Gasteiger partial charge on any atom is 0.332 e. The van der Waals surface area contributed by atoms with Gasteiger partial charge >= 0.3 is 10.2 Å². The van der Waals surface area contributed by atoms with Gasteiger partial charge in [0.15, 0.2) is 0 Å². The number of halogens is 1. The fourth-order valence-electron chi connectivity index (χ4n) is 1.32. The maximum atomic E-state index is 12.7. The van der Waals surface area contributed by atoms with Crippen molar-refractivity contribution in [2.24, 2.45) is 0 Å². The molecule has 0 amide bonds. The lowest BCUT2D eigenvalue weighted by Gasteiger charge is -2.12. The van der Waals surface area contributed by atoms with Gasteiger partial charge in [0.25, 0.3) is 0 Å². The summed E-state index contributed by atoms with van der Waals surface area (Å²) in [5, 5.41) is 0. The minimum atomic E-state index is -4.64. The van der Waals surface area contributed by atoms with E-state index in [0.29, 0.717) is 11.3 Å². The molecule has 84 valence electrons. The average Bonchev–Trinajstić information content (AvgIpc) is 2.15. The lowest BCUT2D eigenvalue weighted by molar-refractivity contribution is 0.407. The summed E-state index contributed by atoms with van der Waals surface area (Å²) in [7, 11) is -3.15. The van der Waals surface area contributed by atoms with Gasteiger partial charge in [-0.2, -0.15) is 8.42 Å². The van der Waals surface area contributed by atoms with E-state index in [4.69, 9.17) is 4.74 Å². The molecule has 0 N–H and O–H groups in total. The number of benzene rings is 1. The molecule has 0 aromatic heterocycles. The molecule has 0 aliphatic heterocycles. The monoisotopic (exact) mass is 232 g/mol. The van der Waals surface area contributed by atoms with Crippen LogP contribution in [0.4, 0.5) is 3.89 Å². The third-order valence-electron chi connectivity index (χ3n) is 2.10. The summed E-state index contributed by atoms with van der Waals surface area (Å²) in [5.74, 6) is 0.638. The molecule has 0 aliphatic carbocycles. The number of hydrogen-bond donors (Lipinski definition) is 0. The summed E-state index contributed by atoms with van der Waals surface area (Å²) < 4.78 is 39.2. The lowest BCUT2D eigenvalue weighted by atomic mass is 10.0. The van der Waals surface area contributed by atoms with E-state index in [9.17, 15) is 12.3 Å². The van der Waals surface area contributed by atoms with E-state index in [1.165, 1.54) is 25.3 Å². The van der Waals surface area contributed by atoms with Crippen LogP contribution in [0.1, 0.15) is 25.3 Å². The average molecular weight is 232 g/mol. The van der Waals surface area contributed by atoms with Crippen LogP contribution in [0.15, 0.2) is 23.1 Å². The smallest absolute Gasteiger partial charge is 0.332 e. The molecule has 0 unspecified atom stereocenters. The normalized spacial score (nSPS) is 11.8. The molecule has 0 heterocycles. The second-order valence-corrected chi connectivity index (χ2v) is 4.84. The van der Waals surface area contributed by atoms with E-state index in [1.807, 2.05) is 13.8 Å². The molecular weight excluding hydrogens is 219 g/mol. The van der Waals surface area contributed by atoms with Gasteiger partial charge in [-0.25, -0.2) is 0 Å². The van der Waals surface area contributed by atoms with Gasteiger partial charge < -0.3 is 4.74 Å². The zero-order chi connectivity index (χ0) is 11.6. The van der Waals surface area contributed by atoms with Crippen molar-refractivity contribution in [1.82, 2.24) is 0 Å². The summed E-state index contributed by atoms with van der Waals surface area (Å²) in [4.78, 5) is -0.327. The first-order valence-electron chi connectivity index (χ1n) is 4.49. The Labute approximate surface area is 89.1 Å². The molecule has 0 atom stereocenters. The zero-order valence-corrected chi connectivity index (χ0v) is 9.64. The minimum absolute atomic E-state index is 0.0710. The Morgan fingerprint density at radius 2 is 1.93 bits per heavy atom. The zero-order valence-electron chi connectivity index (χ0n) is 8.82. The van der Waals surface area contributed by atoms with E-state index >= 15 is 0 Å². The summed E-state index contributed by atoms with van der Waals surface area (Å²) >= 11 is 0. The van der Waals surface area contributed by atoms with Crippen molar-refractivity contribution in [3.63, 3.8) is 0 Å². The Kier molecular flexibility index (Phi) is 3.34. The number of hydrogen-bond acceptors (Lipinski definition) is 3. The number of rotatable bonds is 3. The Bertz CT molecular complexity index is 452. The predicted molar refractivity (Wildman–Crippen MR) is 55.4 cm³/mol. The summed E-state index contributed by atoms with van der Waals surface area (Å²) in [6, 6.07) is 3.96. The highest BCUT2D eigenvalue weighted by molar-refractivity contribution is 7.86. The Morgan fingerprint density at radius 3 is 2.33 bits per heavy atom. The van der Waals surface area contributed by atoms with Gasteiger partial charge in [-0.1, -0.05) is 13.8 Å². The van der Waals surface area contributed by atoms with Crippen LogP contribution in [0.25, 0.3) is 0 Å². The number of methoxy groups -OCH3 is 1. The Balaban J connectivity index is 3.35. The first-order valence-corrected chi connectivity index (χ1v) is 5.87. The summed E-state index contributed by atoms with van der Waals surface area (Å²) in [5.41, 5.74) is 0.677. The van der Waals surface area contributed by atoms with Crippen molar-refractivity contribution in [3.8, 4) is 5.75 Å². The van der Waals surface area contributed by atoms with E-state index in [2.05, 4.69) is 0 Å². The van der Waals surface area contributed by atoms with Crippen molar-refractivity contribution >= 4 is 10.2 Å². The highest BCUT2D eigenvalue weighted by atomic mass is 32.3. The van der Waals surface area contributed by atoms with Crippen LogP contribution in [0.3, 0.4) is 0 Å². The molecule has 0 saturated carbocycles. The molecule has 0 fully saturated rings. The van der Waals surface area contributed by atoms with Gasteiger partial charge in [-0.05, 0) is 29.7 Å². The molecule has 3 nitrogen and oxygen atoms in total. The molecule has 0 aliphatic rings. The Morgan fingerprint density at radius 1 is 1.33 bits per heavy atom. The summed E-state index contributed by atoms with van der Waals surface area (Å²) in [6.07, 6.45) is 0. The van der Waals surface area contributed by atoms with Crippen molar-refractivity contribution in [2.75, 3.05) is 7.11 Å². The molecule has 1 rings (SSSR count). The van der Waals surface area contributed by atoms with Crippen LogP contribution in [-0.4, -0.2) is 15.5 Å². The van der Waals surface area contributed by atoms with Gasteiger partial charge in [-0.15, -0.1) is 3.89 Å². The largest absolute Gasteiger partial charge is 0.496 e. The highest BCUT2D eigenvalue weighted by Gasteiger charge is 2.16. The first kappa shape index (κ1) is 12.0. The topological polar surface area (TPSA) is 43.4 Å². The van der Waals surface area contributed by atoms with Crippen molar-refractivity contribution in [3.05, 3.63) is 23.8 Å². The van der Waals surface area contributed by atoms with Gasteiger partial charge in [0, 0.05) is 0 Å². The highest BCUT2D eigenvalue weighted by Crippen LogP contribution is 2.29. The molecule has 5 heteroatoms. The van der Waals surface area contributed by atoms with Gasteiger partial charge in [0.2, 0.25) is 0 Å². The van der Waals surface area contributed by atoms with Gasteiger partial charge in [0.05, 0.1) is 12.0 Å². The molecule has 1 aromatic carbocycles. The lowest BCUT2D eigenvalue weighted by Crippen LogP contribution is -1.98. The van der Waals surface area contributed by atoms with Gasteiger partial charge in [0.1, 0.15) is 5.75 Å². The quantitative estimate of drug-likeness (QED) is 0.752. The molecule has 0 saturated heterocycles. The van der Waals surface area contributed by atoms with Crippen molar-refractivity contribution < 1.29 is 17.0 Å². The van der Waals surface area contributed by atoms with E-state index < -0.39 is 10.2 Å². The first-order chi connectivity index (χ1) is 6.86. The van der Waals surface area contributed by atoms with E-state index in [0.717, 1.165) is 0 Å². The third kappa shape index (κ3) is 2.68. The minimum Gasteiger partial charge on any atom is -0.496 e. The maximum absolute atomic E-state index is 12.7. The molecule has 0 bridgehead atoms. The SMILES string of the molecule is COc1ccc(S(=O)(=O)F)cc1C(C)C. The standard InChI is InChI=1S/C10H13FO3S/c1-7(2)9-6-8(15(11,12)13)4-5-10(9)14-3/h4-7H,1-3H3. The molecular formula is C10H13FO3S. The van der Waals surface area contributed by atoms with Crippen LogP contribution >= 0.6 is 0 Å². The Hall–Kier alpha value is -1.10. The summed E-state index contributed by atoms with van der Waals surface area (Å²) in [6.45, 7) is 3.76. The second-order valence-electron chi connectivity index (χ2n) is 3.50. The van der Waals surface area contributed by atoms with Crippen LogP contribution in [0, 0.1) is 0 Å².